The third-order valence-electron chi connectivity index (χ3n) is 4.10. The Bertz CT molecular complexity index is 591. The van der Waals surface area contributed by atoms with Gasteiger partial charge < -0.3 is 15.4 Å². The first-order valence-electron chi connectivity index (χ1n) is 6.83. The van der Waals surface area contributed by atoms with Gasteiger partial charge in [-0.15, -0.1) is 5.10 Å². The van der Waals surface area contributed by atoms with Crippen LogP contribution in [0, 0.1) is 25.7 Å². The maximum atomic E-state index is 11.8. The van der Waals surface area contributed by atoms with Gasteiger partial charge in [0.05, 0.1) is 24.3 Å². The van der Waals surface area contributed by atoms with Gasteiger partial charge in [0.1, 0.15) is 4.99 Å². The number of carbonyl (C=O) groups excluding carboxylic acids is 1. The Morgan fingerprint density at radius 3 is 2.62 bits per heavy atom. The van der Waals surface area contributed by atoms with Gasteiger partial charge in [-0.2, -0.15) is 5.10 Å². The summed E-state index contributed by atoms with van der Waals surface area (Å²) >= 11 is 5.16. The molecule has 1 fully saturated rings. The van der Waals surface area contributed by atoms with Gasteiger partial charge in [0.25, 0.3) is 0 Å². The van der Waals surface area contributed by atoms with Crippen molar-refractivity contribution in [1.82, 2.24) is 10.2 Å². The molecular formula is C14H20N4O2S. The molecule has 0 bridgehead atoms. The van der Waals surface area contributed by atoms with Gasteiger partial charge >= 0.3 is 5.97 Å². The van der Waals surface area contributed by atoms with E-state index < -0.39 is 0 Å². The number of rotatable bonds is 3. The third kappa shape index (κ3) is 2.83. The molecule has 2 unspecified atom stereocenters. The van der Waals surface area contributed by atoms with Crippen LogP contribution in [0.4, 0.5) is 5.82 Å². The molecule has 0 aromatic carbocycles. The minimum atomic E-state index is -0.196. The zero-order valence-corrected chi connectivity index (χ0v) is 13.5. The second-order valence-electron chi connectivity index (χ2n) is 5.49. The summed E-state index contributed by atoms with van der Waals surface area (Å²) in [4.78, 5) is 14.1. The van der Waals surface area contributed by atoms with E-state index >= 15 is 0 Å². The second kappa shape index (κ2) is 5.93. The fourth-order valence-corrected chi connectivity index (χ4v) is 2.95. The molecule has 0 aliphatic carbocycles. The molecule has 1 aromatic heterocycles. The van der Waals surface area contributed by atoms with Crippen LogP contribution >= 0.6 is 12.2 Å². The molecule has 2 N–H and O–H groups in total. The average molecular weight is 308 g/mol. The van der Waals surface area contributed by atoms with Crippen molar-refractivity contribution in [2.45, 2.75) is 20.8 Å². The van der Waals surface area contributed by atoms with Gasteiger partial charge in [-0.3, -0.25) is 4.79 Å². The highest BCUT2D eigenvalue weighted by Crippen LogP contribution is 2.31. The minimum absolute atomic E-state index is 0.169. The number of nitrogens with two attached hydrogens (primary N) is 1. The molecule has 7 heteroatoms. The SMILES string of the molecule is COC(=O)C1CN(c2nnc(C)c(C)c2C(N)=S)CC1C. The van der Waals surface area contributed by atoms with E-state index in [1.54, 1.807) is 0 Å². The van der Waals surface area contributed by atoms with Crippen LogP contribution in [0.15, 0.2) is 0 Å². The van der Waals surface area contributed by atoms with Crippen molar-refractivity contribution in [1.29, 1.82) is 0 Å². The van der Waals surface area contributed by atoms with Gasteiger partial charge in [0.2, 0.25) is 0 Å². The van der Waals surface area contributed by atoms with Crippen molar-refractivity contribution in [3.8, 4) is 0 Å². The molecular weight excluding hydrogens is 288 g/mol. The van der Waals surface area contributed by atoms with Crippen molar-refractivity contribution >= 4 is 29.0 Å². The number of aryl methyl sites for hydroxylation is 1. The number of ether oxygens (including phenoxy) is 1. The molecule has 2 atom stereocenters. The number of nitrogens with zero attached hydrogens (tertiary/aromatic N) is 3. The Labute approximate surface area is 129 Å². The predicted molar refractivity (Wildman–Crippen MR) is 84.3 cm³/mol. The predicted octanol–water partition coefficient (Wildman–Crippen LogP) is 0.973. The molecule has 6 nitrogen and oxygen atoms in total. The summed E-state index contributed by atoms with van der Waals surface area (Å²) in [6, 6.07) is 0. The normalized spacial score (nSPS) is 21.4. The number of carbonyl (C=O) groups is 1. The molecule has 2 heterocycles. The van der Waals surface area contributed by atoms with Crippen LogP contribution < -0.4 is 10.6 Å². The van der Waals surface area contributed by atoms with Gasteiger partial charge in [-0.05, 0) is 25.3 Å². The Balaban J connectivity index is 2.38. The van der Waals surface area contributed by atoms with Crippen LogP contribution in [0.1, 0.15) is 23.7 Å². The minimum Gasteiger partial charge on any atom is -0.469 e. The molecule has 0 radical (unpaired) electrons. The van der Waals surface area contributed by atoms with E-state index in [0.717, 1.165) is 16.8 Å². The molecule has 2 rings (SSSR count). The molecule has 1 aliphatic heterocycles. The van der Waals surface area contributed by atoms with E-state index in [2.05, 4.69) is 10.2 Å². The highest BCUT2D eigenvalue weighted by molar-refractivity contribution is 7.80. The highest BCUT2D eigenvalue weighted by atomic mass is 32.1. The number of hydrogen-bond acceptors (Lipinski definition) is 6. The quantitative estimate of drug-likeness (QED) is 0.658. The summed E-state index contributed by atoms with van der Waals surface area (Å²) in [7, 11) is 1.41. The largest absolute Gasteiger partial charge is 0.469 e. The fraction of sp³-hybridized carbons (Fsp3) is 0.571. The second-order valence-corrected chi connectivity index (χ2v) is 5.93. The summed E-state index contributed by atoms with van der Waals surface area (Å²) in [5.74, 6) is 0.472. The number of hydrogen-bond donors (Lipinski definition) is 1. The first kappa shape index (κ1) is 15.6. The first-order valence-corrected chi connectivity index (χ1v) is 7.24. The smallest absolute Gasteiger partial charge is 0.310 e. The van der Waals surface area contributed by atoms with E-state index in [-0.39, 0.29) is 17.8 Å². The zero-order valence-electron chi connectivity index (χ0n) is 12.7. The van der Waals surface area contributed by atoms with E-state index in [1.165, 1.54) is 7.11 Å². The number of thiocarbonyl (C=S) groups is 1. The summed E-state index contributed by atoms with van der Waals surface area (Å²) < 4.78 is 4.86. The molecule has 0 saturated carbocycles. The summed E-state index contributed by atoms with van der Waals surface area (Å²) in [5.41, 5.74) is 8.33. The van der Waals surface area contributed by atoms with E-state index in [1.807, 2.05) is 25.7 Å². The fourth-order valence-electron chi connectivity index (χ4n) is 2.71. The van der Waals surface area contributed by atoms with Crippen molar-refractivity contribution < 1.29 is 9.53 Å². The van der Waals surface area contributed by atoms with E-state index in [0.29, 0.717) is 23.9 Å². The number of anilines is 1. The lowest BCUT2D eigenvalue weighted by Crippen LogP contribution is -2.28. The van der Waals surface area contributed by atoms with Crippen molar-refractivity contribution in [3.63, 3.8) is 0 Å². The van der Waals surface area contributed by atoms with Crippen LogP contribution in [-0.4, -0.2) is 41.4 Å². The van der Waals surface area contributed by atoms with Crippen molar-refractivity contribution in [3.05, 3.63) is 16.8 Å². The van der Waals surface area contributed by atoms with Crippen LogP contribution in [0.25, 0.3) is 0 Å². The maximum absolute atomic E-state index is 11.8. The topological polar surface area (TPSA) is 81.3 Å². The van der Waals surface area contributed by atoms with Gasteiger partial charge in [0.15, 0.2) is 5.82 Å². The number of methoxy groups -OCH3 is 1. The first-order chi connectivity index (χ1) is 9.86. The molecule has 1 aliphatic rings. The Hall–Kier alpha value is -1.76. The standard InChI is InChI=1S/C14H20N4O2S/c1-7-5-18(6-10(7)14(19)20-4)13-11(12(15)21)8(2)9(3)16-17-13/h7,10H,5-6H2,1-4H3,(H2,15,21). The summed E-state index contributed by atoms with van der Waals surface area (Å²) in [6.07, 6.45) is 0. The Kier molecular flexibility index (Phi) is 4.41. The Morgan fingerprint density at radius 2 is 2.05 bits per heavy atom. The molecule has 1 saturated heterocycles. The van der Waals surface area contributed by atoms with Crippen LogP contribution in [0.2, 0.25) is 0 Å². The monoisotopic (exact) mass is 308 g/mol. The van der Waals surface area contributed by atoms with Crippen molar-refractivity contribution in [2.24, 2.45) is 17.6 Å². The third-order valence-corrected chi connectivity index (χ3v) is 4.30. The lowest BCUT2D eigenvalue weighted by molar-refractivity contribution is -0.145. The molecule has 0 spiro atoms. The summed E-state index contributed by atoms with van der Waals surface area (Å²) in [6.45, 7) is 7.07. The van der Waals surface area contributed by atoms with Crippen LogP contribution in [-0.2, 0) is 9.53 Å². The summed E-state index contributed by atoms with van der Waals surface area (Å²) in [5, 5.41) is 8.41. The highest BCUT2D eigenvalue weighted by Gasteiger charge is 2.37. The number of aromatic nitrogens is 2. The Morgan fingerprint density at radius 1 is 1.38 bits per heavy atom. The van der Waals surface area contributed by atoms with Gasteiger partial charge in [-0.25, -0.2) is 0 Å². The van der Waals surface area contributed by atoms with E-state index in [4.69, 9.17) is 22.7 Å². The van der Waals surface area contributed by atoms with Crippen LogP contribution in [0.3, 0.4) is 0 Å². The molecule has 0 amide bonds. The van der Waals surface area contributed by atoms with E-state index in [9.17, 15) is 4.79 Å². The number of esters is 1. The maximum Gasteiger partial charge on any atom is 0.310 e. The average Bonchev–Trinajstić information content (AvgIpc) is 2.82. The lowest BCUT2D eigenvalue weighted by Gasteiger charge is -2.21. The van der Waals surface area contributed by atoms with Crippen molar-refractivity contribution in [2.75, 3.05) is 25.1 Å². The lowest BCUT2D eigenvalue weighted by atomic mass is 9.99. The van der Waals surface area contributed by atoms with Gasteiger partial charge in [-0.1, -0.05) is 19.1 Å². The molecule has 114 valence electrons. The zero-order chi connectivity index (χ0) is 15.7. The van der Waals surface area contributed by atoms with Gasteiger partial charge in [0, 0.05) is 13.1 Å². The molecule has 1 aromatic rings. The molecule has 21 heavy (non-hydrogen) atoms. The van der Waals surface area contributed by atoms with Crippen LogP contribution in [0.5, 0.6) is 0 Å².